The minimum Gasteiger partial charge on any atom is -0.437 e. The summed E-state index contributed by atoms with van der Waals surface area (Å²) in [5, 5.41) is 11.9. The Balaban J connectivity index is 3.92. The van der Waals surface area contributed by atoms with Crippen LogP contribution in [0.4, 0.5) is 0 Å². The smallest absolute Gasteiger partial charge is 0.330 e. The predicted molar refractivity (Wildman–Crippen MR) is 67.9 cm³/mol. The van der Waals surface area contributed by atoms with Gasteiger partial charge >= 0.3 is 5.97 Å². The van der Waals surface area contributed by atoms with Crippen molar-refractivity contribution in [2.24, 2.45) is 5.11 Å². The quantitative estimate of drug-likeness (QED) is 0.169. The number of aliphatic hydroxyl groups is 1. The lowest BCUT2D eigenvalue weighted by Crippen LogP contribution is -2.41. The Bertz CT molecular complexity index is 342. The number of rotatable bonds is 9. The zero-order chi connectivity index (χ0) is 14.7. The van der Waals surface area contributed by atoms with Gasteiger partial charge in [-0.2, -0.15) is 0 Å². The first kappa shape index (κ1) is 17.2. The number of hydrogen-bond donors (Lipinski definition) is 1. The summed E-state index contributed by atoms with van der Waals surface area (Å²) in [7, 11) is 1.52. The van der Waals surface area contributed by atoms with Gasteiger partial charge in [0, 0.05) is 24.9 Å². The van der Waals surface area contributed by atoms with E-state index in [0.717, 1.165) is 12.8 Å². The molecular formula is C11H20N4O4. The van der Waals surface area contributed by atoms with E-state index in [1.165, 1.54) is 18.9 Å². The van der Waals surface area contributed by atoms with Crippen LogP contribution in [0.15, 0.2) is 5.11 Å². The van der Waals surface area contributed by atoms with Gasteiger partial charge in [-0.05, 0) is 25.3 Å². The van der Waals surface area contributed by atoms with Crippen molar-refractivity contribution in [1.29, 1.82) is 0 Å². The van der Waals surface area contributed by atoms with E-state index in [9.17, 15) is 9.59 Å². The first-order valence-electron chi connectivity index (χ1n) is 6.08. The third-order valence-corrected chi connectivity index (χ3v) is 2.73. The zero-order valence-corrected chi connectivity index (χ0v) is 11.3. The summed E-state index contributed by atoms with van der Waals surface area (Å²) in [5.74, 6) is -0.798. The van der Waals surface area contributed by atoms with E-state index in [0.29, 0.717) is 19.4 Å². The van der Waals surface area contributed by atoms with Crippen molar-refractivity contribution in [3.8, 4) is 0 Å². The minimum absolute atomic E-state index is 0.161. The molecule has 0 aromatic rings. The molecule has 0 aliphatic rings. The van der Waals surface area contributed by atoms with Crippen LogP contribution in [0.5, 0.6) is 0 Å². The van der Waals surface area contributed by atoms with Gasteiger partial charge in [-0.1, -0.05) is 11.5 Å². The largest absolute Gasteiger partial charge is 0.437 e. The molecule has 0 rings (SSSR count). The molecule has 8 nitrogen and oxygen atoms in total. The van der Waals surface area contributed by atoms with E-state index in [1.807, 2.05) is 0 Å². The Labute approximate surface area is 112 Å². The zero-order valence-electron chi connectivity index (χ0n) is 11.3. The van der Waals surface area contributed by atoms with Gasteiger partial charge in [0.2, 0.25) is 5.91 Å². The summed E-state index contributed by atoms with van der Waals surface area (Å²) in [6, 6.07) is -0.720. The van der Waals surface area contributed by atoms with Crippen LogP contribution in [0.3, 0.4) is 0 Å². The molecule has 1 N–H and O–H groups in total. The molecule has 19 heavy (non-hydrogen) atoms. The third-order valence-electron chi connectivity index (χ3n) is 2.73. The van der Waals surface area contributed by atoms with E-state index >= 15 is 0 Å². The van der Waals surface area contributed by atoms with Gasteiger partial charge in [-0.15, -0.1) is 0 Å². The SMILES string of the molecule is C[C@@H](C(=O)OCO)N(C)C(=O)CCCCCN=[N+]=[N-]. The van der Waals surface area contributed by atoms with E-state index in [1.54, 1.807) is 0 Å². The maximum absolute atomic E-state index is 11.8. The molecule has 0 aliphatic carbocycles. The van der Waals surface area contributed by atoms with Crippen molar-refractivity contribution in [3.63, 3.8) is 0 Å². The molecule has 0 spiro atoms. The molecule has 8 heteroatoms. The van der Waals surface area contributed by atoms with Crippen molar-refractivity contribution < 1.29 is 19.4 Å². The summed E-state index contributed by atoms with van der Waals surface area (Å²) in [6.45, 7) is 1.28. The van der Waals surface area contributed by atoms with Gasteiger partial charge in [-0.25, -0.2) is 4.79 Å². The van der Waals surface area contributed by atoms with Gasteiger partial charge in [0.05, 0.1) is 0 Å². The summed E-state index contributed by atoms with van der Waals surface area (Å²) in [5.41, 5.74) is 8.08. The lowest BCUT2D eigenvalue weighted by Gasteiger charge is -2.23. The highest BCUT2D eigenvalue weighted by Gasteiger charge is 2.22. The van der Waals surface area contributed by atoms with E-state index in [4.69, 9.17) is 10.6 Å². The van der Waals surface area contributed by atoms with Gasteiger partial charge in [0.1, 0.15) is 6.04 Å². The Morgan fingerprint density at radius 2 is 2.11 bits per heavy atom. The lowest BCUT2D eigenvalue weighted by molar-refractivity contribution is -0.160. The van der Waals surface area contributed by atoms with Crippen LogP contribution in [0.25, 0.3) is 10.4 Å². The fraction of sp³-hybridized carbons (Fsp3) is 0.818. The van der Waals surface area contributed by atoms with Crippen LogP contribution in [0, 0.1) is 0 Å². The molecule has 0 aromatic carbocycles. The molecule has 108 valence electrons. The number of ether oxygens (including phenoxy) is 1. The number of nitrogens with zero attached hydrogens (tertiary/aromatic N) is 4. The summed E-state index contributed by atoms with van der Waals surface area (Å²) >= 11 is 0. The highest BCUT2D eigenvalue weighted by Crippen LogP contribution is 2.06. The summed E-state index contributed by atoms with van der Waals surface area (Å²) in [4.78, 5) is 27.0. The number of azide groups is 1. The molecule has 0 saturated heterocycles. The lowest BCUT2D eigenvalue weighted by atomic mass is 10.1. The average molecular weight is 272 g/mol. The molecule has 1 atom stereocenters. The molecule has 0 bridgehead atoms. The molecule has 0 aliphatic heterocycles. The predicted octanol–water partition coefficient (Wildman–Crippen LogP) is 1.20. The molecule has 0 saturated carbocycles. The molecule has 0 radical (unpaired) electrons. The summed E-state index contributed by atoms with van der Waals surface area (Å²) in [6.07, 6.45) is 2.52. The number of carbonyl (C=O) groups is 2. The molecule has 0 heterocycles. The number of amides is 1. The summed E-state index contributed by atoms with van der Waals surface area (Å²) < 4.78 is 4.42. The Morgan fingerprint density at radius 1 is 1.42 bits per heavy atom. The normalized spacial score (nSPS) is 11.3. The van der Waals surface area contributed by atoms with E-state index in [2.05, 4.69) is 14.8 Å². The molecule has 1 amide bonds. The third kappa shape index (κ3) is 7.28. The number of unbranched alkanes of at least 4 members (excludes halogenated alkanes) is 2. The molecular weight excluding hydrogens is 252 g/mol. The van der Waals surface area contributed by atoms with Crippen molar-refractivity contribution in [2.75, 3.05) is 20.4 Å². The average Bonchev–Trinajstić information content (AvgIpc) is 2.41. The van der Waals surface area contributed by atoms with Gasteiger partial charge in [0.25, 0.3) is 0 Å². The highest BCUT2D eigenvalue weighted by molar-refractivity contribution is 5.83. The number of esters is 1. The minimum atomic E-state index is -0.720. The maximum Gasteiger partial charge on any atom is 0.330 e. The van der Waals surface area contributed by atoms with Gasteiger partial charge in [0.15, 0.2) is 6.79 Å². The van der Waals surface area contributed by atoms with Crippen molar-refractivity contribution in [1.82, 2.24) is 4.90 Å². The fourth-order valence-corrected chi connectivity index (χ4v) is 1.41. The first-order chi connectivity index (χ1) is 9.04. The Hall–Kier alpha value is -1.79. The number of carbonyl (C=O) groups excluding carboxylic acids is 2. The van der Waals surface area contributed by atoms with Crippen LogP contribution in [0.2, 0.25) is 0 Å². The molecule has 0 fully saturated rings. The van der Waals surface area contributed by atoms with Gasteiger partial charge < -0.3 is 14.7 Å². The second kappa shape index (κ2) is 10.2. The van der Waals surface area contributed by atoms with Crippen LogP contribution < -0.4 is 0 Å². The van der Waals surface area contributed by atoms with E-state index < -0.39 is 18.8 Å². The fourth-order valence-electron chi connectivity index (χ4n) is 1.41. The Morgan fingerprint density at radius 3 is 2.68 bits per heavy atom. The maximum atomic E-state index is 11.8. The van der Waals surface area contributed by atoms with Crippen LogP contribution in [-0.4, -0.2) is 48.3 Å². The number of aliphatic hydroxyl groups excluding tert-OH is 1. The molecule has 0 aromatic heterocycles. The molecule has 0 unspecified atom stereocenters. The van der Waals surface area contributed by atoms with Crippen LogP contribution in [0.1, 0.15) is 32.6 Å². The van der Waals surface area contributed by atoms with Crippen molar-refractivity contribution in [2.45, 2.75) is 38.6 Å². The van der Waals surface area contributed by atoms with Crippen LogP contribution >= 0.6 is 0 Å². The van der Waals surface area contributed by atoms with Crippen LogP contribution in [-0.2, 0) is 14.3 Å². The van der Waals surface area contributed by atoms with Crippen molar-refractivity contribution in [3.05, 3.63) is 10.4 Å². The number of likely N-dealkylation sites (N-methyl/N-ethyl adjacent to an activating group) is 1. The Kier molecular flexibility index (Phi) is 9.20. The second-order valence-electron chi connectivity index (χ2n) is 4.04. The monoisotopic (exact) mass is 272 g/mol. The first-order valence-corrected chi connectivity index (χ1v) is 6.08. The topological polar surface area (TPSA) is 116 Å². The number of hydrogen-bond acceptors (Lipinski definition) is 5. The van der Waals surface area contributed by atoms with Crippen molar-refractivity contribution >= 4 is 11.9 Å². The highest BCUT2D eigenvalue weighted by atomic mass is 16.6. The second-order valence-corrected chi connectivity index (χ2v) is 4.04. The van der Waals surface area contributed by atoms with Gasteiger partial charge in [-0.3, -0.25) is 4.79 Å². The standard InChI is InChI=1S/C11H20N4O4/c1-9(11(18)19-8-16)15(2)10(17)6-4-3-5-7-13-14-12/h9,16H,3-8H2,1-2H3/t9-/m0/s1. The van der Waals surface area contributed by atoms with E-state index in [-0.39, 0.29) is 5.91 Å².